The highest BCUT2D eigenvalue weighted by atomic mass is 35.5. The van der Waals surface area contributed by atoms with Crippen molar-refractivity contribution in [3.63, 3.8) is 0 Å². The molecule has 1 aromatic rings. The second kappa shape index (κ2) is 6.55. The highest BCUT2D eigenvalue weighted by Gasteiger charge is 2.39. The van der Waals surface area contributed by atoms with Gasteiger partial charge in [-0.1, -0.05) is 0 Å². The summed E-state index contributed by atoms with van der Waals surface area (Å²) in [5.41, 5.74) is 0.781. The molecule has 7 heteroatoms. The predicted octanol–water partition coefficient (Wildman–Crippen LogP) is -2.45. The average Bonchev–Trinajstić information content (AvgIpc) is 2.56. The number of nitrogens with one attached hydrogen (secondary N) is 1. The van der Waals surface area contributed by atoms with Crippen LogP contribution >= 0.6 is 0 Å². The van der Waals surface area contributed by atoms with Crippen molar-refractivity contribution in [2.45, 2.75) is 0 Å². The summed E-state index contributed by atoms with van der Waals surface area (Å²) in [5, 5.41) is 3.01. The summed E-state index contributed by atoms with van der Waals surface area (Å²) in [6.07, 6.45) is 0. The largest absolute Gasteiger partial charge is 1.00 e. The third-order valence-corrected chi connectivity index (χ3v) is 4.98. The summed E-state index contributed by atoms with van der Waals surface area (Å²) >= 11 is 0. The number of hydrogen-bond acceptors (Lipinski definition) is 4. The molecule has 1 amide bonds. The van der Waals surface area contributed by atoms with Gasteiger partial charge < -0.3 is 31.7 Å². The molecule has 1 N–H and O–H groups in total. The van der Waals surface area contributed by atoms with Crippen LogP contribution in [0.25, 0.3) is 0 Å². The van der Waals surface area contributed by atoms with E-state index < -0.39 is 0 Å². The van der Waals surface area contributed by atoms with Gasteiger partial charge in [-0.3, -0.25) is 9.69 Å². The molecule has 0 unspecified atom stereocenters. The zero-order valence-electron chi connectivity index (χ0n) is 13.1. The number of amides is 1. The smallest absolute Gasteiger partial charge is 0.279 e. The number of carbonyl (C=O) groups excluding carboxylic acids is 1. The molecule has 4 aliphatic heterocycles. The number of fused-ring (bicyclic) bond motifs is 4. The Hall–Kier alpha value is -1.50. The number of benzene rings is 1. The molecular formula is C16H22ClN3O3. The molecule has 0 aliphatic carbocycles. The monoisotopic (exact) mass is 339 g/mol. The second-order valence-corrected chi connectivity index (χ2v) is 6.42. The Labute approximate surface area is 142 Å². The van der Waals surface area contributed by atoms with Gasteiger partial charge in [0.25, 0.3) is 5.91 Å². The first-order chi connectivity index (χ1) is 10.7. The number of hydrogen-bond donors (Lipinski definition) is 1. The Morgan fingerprint density at radius 3 is 2.43 bits per heavy atom. The number of anilines is 1. The highest BCUT2D eigenvalue weighted by molar-refractivity contribution is 5.92. The van der Waals surface area contributed by atoms with Gasteiger partial charge in [0.15, 0.2) is 18.0 Å². The maximum absolute atomic E-state index is 12.4. The van der Waals surface area contributed by atoms with Gasteiger partial charge in [-0.2, -0.15) is 0 Å². The van der Waals surface area contributed by atoms with E-state index in [4.69, 9.17) is 9.47 Å². The molecule has 0 spiro atoms. The maximum atomic E-state index is 12.4. The van der Waals surface area contributed by atoms with Crippen LogP contribution in [0.5, 0.6) is 11.5 Å². The summed E-state index contributed by atoms with van der Waals surface area (Å²) in [6, 6.07) is 5.58. The molecule has 23 heavy (non-hydrogen) atoms. The predicted molar refractivity (Wildman–Crippen MR) is 82.2 cm³/mol. The van der Waals surface area contributed by atoms with Gasteiger partial charge in [-0.25, -0.2) is 0 Å². The van der Waals surface area contributed by atoms with Crippen molar-refractivity contribution in [1.82, 2.24) is 4.90 Å². The lowest BCUT2D eigenvalue weighted by Gasteiger charge is -2.50. The van der Waals surface area contributed by atoms with Crippen LogP contribution in [0, 0.1) is 0 Å². The van der Waals surface area contributed by atoms with Crippen LogP contribution in [0.2, 0.25) is 0 Å². The van der Waals surface area contributed by atoms with Crippen molar-refractivity contribution in [2.75, 3.05) is 64.3 Å². The van der Waals surface area contributed by atoms with Gasteiger partial charge in [0.05, 0.1) is 19.6 Å². The average molecular weight is 340 g/mol. The van der Waals surface area contributed by atoms with Crippen LogP contribution in [0.1, 0.15) is 0 Å². The van der Waals surface area contributed by atoms with Gasteiger partial charge >= 0.3 is 0 Å². The van der Waals surface area contributed by atoms with Crippen LogP contribution in [-0.2, 0) is 4.79 Å². The summed E-state index contributed by atoms with van der Waals surface area (Å²) in [6.45, 7) is 8.35. The lowest BCUT2D eigenvalue weighted by Crippen LogP contribution is -3.00. The van der Waals surface area contributed by atoms with Crippen LogP contribution in [0.4, 0.5) is 5.69 Å². The van der Waals surface area contributed by atoms with Crippen molar-refractivity contribution in [2.24, 2.45) is 0 Å². The molecule has 4 heterocycles. The maximum Gasteiger partial charge on any atom is 0.279 e. The van der Waals surface area contributed by atoms with Gasteiger partial charge in [-0.15, -0.1) is 0 Å². The number of ether oxygens (including phenoxy) is 2. The zero-order chi connectivity index (χ0) is 15.0. The standard InChI is InChI=1S/C16H21N3O3.ClH/c20-16(12-19-6-3-18(4-7-19)5-8-19)17-13-1-2-14-15(11-13)22-10-9-21-14;/h1-2,11H,3-10,12H2;1H. The van der Waals surface area contributed by atoms with Gasteiger partial charge in [0.2, 0.25) is 0 Å². The molecule has 2 bridgehead atoms. The van der Waals surface area contributed by atoms with Crippen LogP contribution < -0.4 is 27.2 Å². The molecule has 3 saturated heterocycles. The minimum atomic E-state index is 0. The van der Waals surface area contributed by atoms with Crippen LogP contribution in [0.15, 0.2) is 18.2 Å². The molecule has 0 atom stereocenters. The van der Waals surface area contributed by atoms with E-state index in [-0.39, 0.29) is 18.3 Å². The molecule has 0 radical (unpaired) electrons. The van der Waals surface area contributed by atoms with Crippen LogP contribution in [0.3, 0.4) is 0 Å². The molecule has 5 rings (SSSR count). The molecule has 0 saturated carbocycles. The Bertz CT molecular complexity index is 574. The summed E-state index contributed by atoms with van der Waals surface area (Å²) in [7, 11) is 0. The highest BCUT2D eigenvalue weighted by Crippen LogP contribution is 2.32. The topological polar surface area (TPSA) is 50.8 Å². The van der Waals surface area contributed by atoms with E-state index >= 15 is 0 Å². The summed E-state index contributed by atoms with van der Waals surface area (Å²) < 4.78 is 12.0. The molecule has 126 valence electrons. The normalized spacial score (nSPS) is 27.9. The van der Waals surface area contributed by atoms with E-state index in [1.807, 2.05) is 18.2 Å². The van der Waals surface area contributed by atoms with Crippen molar-refractivity contribution in [3.05, 3.63) is 18.2 Å². The number of halogens is 1. The van der Waals surface area contributed by atoms with E-state index in [0.717, 1.165) is 55.2 Å². The lowest BCUT2D eigenvalue weighted by atomic mass is 10.1. The van der Waals surface area contributed by atoms with Crippen LogP contribution in [-0.4, -0.2) is 74.3 Å². The minimum absolute atomic E-state index is 0. The first kappa shape index (κ1) is 16.4. The van der Waals surface area contributed by atoms with E-state index in [1.54, 1.807) is 0 Å². The third kappa shape index (κ3) is 3.39. The van der Waals surface area contributed by atoms with E-state index in [9.17, 15) is 4.79 Å². The molecule has 0 aromatic heterocycles. The summed E-state index contributed by atoms with van der Waals surface area (Å²) in [5.74, 6) is 1.55. The minimum Gasteiger partial charge on any atom is -1.00 e. The first-order valence-corrected chi connectivity index (χ1v) is 7.99. The Balaban J connectivity index is 0.00000156. The van der Waals surface area contributed by atoms with E-state index in [2.05, 4.69) is 10.2 Å². The SMILES string of the molecule is O=C(C[N+]12CCN(CC1)CC2)Nc1ccc2c(c1)OCCO2.[Cl-]. The number of quaternary nitrogens is 1. The fraction of sp³-hybridized carbons (Fsp3) is 0.562. The Morgan fingerprint density at radius 2 is 1.74 bits per heavy atom. The fourth-order valence-corrected chi connectivity index (χ4v) is 3.59. The second-order valence-electron chi connectivity index (χ2n) is 6.42. The molecule has 6 nitrogen and oxygen atoms in total. The number of carbonyl (C=O) groups is 1. The van der Waals surface area contributed by atoms with Gasteiger partial charge in [0.1, 0.15) is 13.2 Å². The number of rotatable bonds is 3. The van der Waals surface area contributed by atoms with Crippen molar-refractivity contribution in [3.8, 4) is 11.5 Å². The van der Waals surface area contributed by atoms with E-state index in [1.165, 1.54) is 0 Å². The fourth-order valence-electron chi connectivity index (χ4n) is 3.59. The van der Waals surface area contributed by atoms with Gasteiger partial charge in [0, 0.05) is 31.4 Å². The molecule has 4 aliphatic rings. The van der Waals surface area contributed by atoms with Gasteiger partial charge in [-0.05, 0) is 12.1 Å². The quantitative estimate of drug-likeness (QED) is 0.621. The third-order valence-electron chi connectivity index (χ3n) is 4.98. The zero-order valence-corrected chi connectivity index (χ0v) is 13.8. The number of nitrogens with zero attached hydrogens (tertiary/aromatic N) is 2. The van der Waals surface area contributed by atoms with Crippen molar-refractivity contribution >= 4 is 11.6 Å². The molecule has 3 fully saturated rings. The molecular weight excluding hydrogens is 318 g/mol. The molecule has 1 aromatic carbocycles. The van der Waals surface area contributed by atoms with E-state index in [0.29, 0.717) is 25.5 Å². The van der Waals surface area contributed by atoms with Crippen molar-refractivity contribution in [1.29, 1.82) is 0 Å². The van der Waals surface area contributed by atoms with Crippen molar-refractivity contribution < 1.29 is 31.2 Å². The summed E-state index contributed by atoms with van der Waals surface area (Å²) in [4.78, 5) is 14.9. The Morgan fingerprint density at radius 1 is 1.09 bits per heavy atom. The Kier molecular flexibility index (Phi) is 4.66. The number of piperazine rings is 3. The lowest BCUT2D eigenvalue weighted by molar-refractivity contribution is -0.933. The first-order valence-electron chi connectivity index (χ1n) is 7.99.